The lowest BCUT2D eigenvalue weighted by Gasteiger charge is -2.27. The lowest BCUT2D eigenvalue weighted by atomic mass is 10.3. The minimum atomic E-state index is -3.62. The Morgan fingerprint density at radius 3 is 2.31 bits per heavy atom. The van der Waals surface area contributed by atoms with Gasteiger partial charge in [0.2, 0.25) is 10.0 Å². The summed E-state index contributed by atoms with van der Waals surface area (Å²) in [6, 6.07) is 0. The van der Waals surface area contributed by atoms with Gasteiger partial charge in [0.15, 0.2) is 17.3 Å². The van der Waals surface area contributed by atoms with Crippen molar-refractivity contribution in [2.24, 2.45) is 10.8 Å². The molecular weight excluding hydrogens is 232 g/mol. The quantitative estimate of drug-likeness (QED) is 0.637. The fourth-order valence-corrected chi connectivity index (χ4v) is 3.66. The second-order valence-electron chi connectivity index (χ2n) is 3.56. The van der Waals surface area contributed by atoms with E-state index < -0.39 is 21.5 Å². The van der Waals surface area contributed by atoms with E-state index in [1.54, 1.807) is 13.8 Å². The van der Waals surface area contributed by atoms with E-state index in [0.717, 1.165) is 0 Å². The van der Waals surface area contributed by atoms with Gasteiger partial charge in [0.1, 0.15) is 0 Å². The van der Waals surface area contributed by atoms with E-state index in [1.807, 2.05) is 0 Å². The molecule has 2 atom stereocenters. The monoisotopic (exact) mass is 250 g/mol. The highest BCUT2D eigenvalue weighted by atomic mass is 32.2. The zero-order chi connectivity index (χ0) is 12.5. The summed E-state index contributed by atoms with van der Waals surface area (Å²) >= 11 is 0. The standard InChI is InChI=1S/C8H18N4O3S/c1-4-12(5-2)16(14,15)8-6(13)7(9)10-11(8)3/h6,8,13H,4-5H2,1-3H3,(H2,9,10). The molecule has 0 spiro atoms. The van der Waals surface area contributed by atoms with Crippen LogP contribution in [0.15, 0.2) is 5.10 Å². The van der Waals surface area contributed by atoms with Gasteiger partial charge in [0, 0.05) is 20.1 Å². The average molecular weight is 250 g/mol. The van der Waals surface area contributed by atoms with Crippen LogP contribution in [0.5, 0.6) is 0 Å². The summed E-state index contributed by atoms with van der Waals surface area (Å²) in [5.41, 5.74) is 5.41. The molecule has 0 amide bonds. The molecule has 8 heteroatoms. The Morgan fingerprint density at radius 1 is 1.50 bits per heavy atom. The van der Waals surface area contributed by atoms with Crippen molar-refractivity contribution in [2.45, 2.75) is 25.3 Å². The van der Waals surface area contributed by atoms with E-state index in [9.17, 15) is 13.5 Å². The van der Waals surface area contributed by atoms with Gasteiger partial charge in [-0.25, -0.2) is 12.7 Å². The number of hydrogen-bond acceptors (Lipinski definition) is 6. The van der Waals surface area contributed by atoms with Crippen LogP contribution >= 0.6 is 0 Å². The summed E-state index contributed by atoms with van der Waals surface area (Å²) in [7, 11) is -2.14. The molecule has 0 aliphatic carbocycles. The Morgan fingerprint density at radius 2 is 2.00 bits per heavy atom. The molecule has 0 aromatic carbocycles. The number of rotatable bonds is 4. The van der Waals surface area contributed by atoms with E-state index in [1.165, 1.54) is 16.4 Å². The maximum atomic E-state index is 12.2. The van der Waals surface area contributed by atoms with E-state index >= 15 is 0 Å². The van der Waals surface area contributed by atoms with Crippen LogP contribution in [-0.4, -0.2) is 60.3 Å². The van der Waals surface area contributed by atoms with Crippen LogP contribution in [0.1, 0.15) is 13.8 Å². The van der Waals surface area contributed by atoms with E-state index in [4.69, 9.17) is 5.73 Å². The molecule has 16 heavy (non-hydrogen) atoms. The fraction of sp³-hybridized carbons (Fsp3) is 0.875. The maximum Gasteiger partial charge on any atom is 0.239 e. The number of aliphatic hydroxyl groups excluding tert-OH is 1. The molecular formula is C8H18N4O3S. The van der Waals surface area contributed by atoms with Gasteiger partial charge in [-0.15, -0.1) is 0 Å². The van der Waals surface area contributed by atoms with Crippen molar-refractivity contribution in [2.75, 3.05) is 20.1 Å². The molecule has 7 nitrogen and oxygen atoms in total. The molecule has 3 N–H and O–H groups in total. The first-order chi connectivity index (χ1) is 7.36. The van der Waals surface area contributed by atoms with E-state index in [2.05, 4.69) is 5.10 Å². The number of aliphatic hydroxyl groups is 1. The first kappa shape index (κ1) is 13.2. The largest absolute Gasteiger partial charge is 0.383 e. The molecule has 0 fully saturated rings. The molecule has 1 rings (SSSR count). The number of amidine groups is 1. The molecule has 1 heterocycles. The molecule has 0 bridgehead atoms. The zero-order valence-corrected chi connectivity index (χ0v) is 10.5. The van der Waals surface area contributed by atoms with Crippen LogP contribution in [0.3, 0.4) is 0 Å². The third kappa shape index (κ3) is 2.00. The van der Waals surface area contributed by atoms with Crippen LogP contribution in [-0.2, 0) is 10.0 Å². The molecule has 1 aliphatic heterocycles. The van der Waals surface area contributed by atoms with Crippen molar-refractivity contribution in [3.05, 3.63) is 0 Å². The molecule has 1 aliphatic rings. The van der Waals surface area contributed by atoms with Gasteiger partial charge in [0.05, 0.1) is 0 Å². The minimum Gasteiger partial charge on any atom is -0.383 e. The van der Waals surface area contributed by atoms with Crippen LogP contribution in [0.4, 0.5) is 0 Å². The molecule has 0 radical (unpaired) electrons. The van der Waals surface area contributed by atoms with Gasteiger partial charge in [0.25, 0.3) is 0 Å². The molecule has 94 valence electrons. The van der Waals surface area contributed by atoms with Gasteiger partial charge in [-0.2, -0.15) is 5.10 Å². The lowest BCUT2D eigenvalue weighted by molar-refractivity contribution is 0.177. The predicted molar refractivity (Wildman–Crippen MR) is 61.0 cm³/mol. The predicted octanol–water partition coefficient (Wildman–Crippen LogP) is -1.44. The number of likely N-dealkylation sites (N-methyl/N-ethyl adjacent to an activating group) is 1. The Hall–Kier alpha value is -0.860. The Kier molecular flexibility index (Phi) is 3.76. The van der Waals surface area contributed by atoms with E-state index in [-0.39, 0.29) is 5.84 Å². The first-order valence-electron chi connectivity index (χ1n) is 5.10. The number of nitrogens with zero attached hydrogens (tertiary/aromatic N) is 3. The van der Waals surface area contributed by atoms with Crippen LogP contribution < -0.4 is 5.73 Å². The van der Waals surface area contributed by atoms with Crippen LogP contribution in [0.2, 0.25) is 0 Å². The maximum absolute atomic E-state index is 12.2. The summed E-state index contributed by atoms with van der Waals surface area (Å²) in [4.78, 5) is 0. The van der Waals surface area contributed by atoms with E-state index in [0.29, 0.717) is 13.1 Å². The topological polar surface area (TPSA) is 99.2 Å². The first-order valence-corrected chi connectivity index (χ1v) is 6.60. The number of sulfonamides is 1. The molecule has 2 unspecified atom stereocenters. The third-order valence-electron chi connectivity index (χ3n) is 2.59. The average Bonchev–Trinajstić information content (AvgIpc) is 2.42. The zero-order valence-electron chi connectivity index (χ0n) is 9.66. The van der Waals surface area contributed by atoms with Crippen molar-refractivity contribution in [1.82, 2.24) is 9.31 Å². The summed E-state index contributed by atoms with van der Waals surface area (Å²) in [6.07, 6.45) is -1.27. The van der Waals surface area contributed by atoms with Gasteiger partial charge >= 0.3 is 0 Å². The van der Waals surface area contributed by atoms with Crippen molar-refractivity contribution in [3.8, 4) is 0 Å². The SMILES string of the molecule is CCN(CC)S(=O)(=O)C1C(O)C(N)=NN1C. The summed E-state index contributed by atoms with van der Waals surface area (Å²) < 4.78 is 25.6. The second-order valence-corrected chi connectivity index (χ2v) is 5.59. The lowest BCUT2D eigenvalue weighted by Crippen LogP contribution is -2.50. The Bertz CT molecular complexity index is 377. The second kappa shape index (κ2) is 4.56. The van der Waals surface area contributed by atoms with Crippen LogP contribution in [0, 0.1) is 0 Å². The van der Waals surface area contributed by atoms with Crippen molar-refractivity contribution in [3.63, 3.8) is 0 Å². The minimum absolute atomic E-state index is 0.0665. The number of nitrogens with two attached hydrogens (primary N) is 1. The normalized spacial score (nSPS) is 26.3. The summed E-state index contributed by atoms with van der Waals surface area (Å²) in [5, 5.41) is 13.5. The molecule has 0 aromatic heterocycles. The van der Waals surface area contributed by atoms with Gasteiger partial charge in [-0.3, -0.25) is 5.01 Å². The van der Waals surface area contributed by atoms with Gasteiger partial charge in [-0.05, 0) is 0 Å². The third-order valence-corrected chi connectivity index (χ3v) is 4.99. The van der Waals surface area contributed by atoms with Gasteiger partial charge < -0.3 is 10.8 Å². The van der Waals surface area contributed by atoms with Crippen LogP contribution in [0.25, 0.3) is 0 Å². The highest BCUT2D eigenvalue weighted by molar-refractivity contribution is 7.89. The Balaban J connectivity index is 3.02. The highest BCUT2D eigenvalue weighted by Crippen LogP contribution is 2.21. The van der Waals surface area contributed by atoms with Gasteiger partial charge in [-0.1, -0.05) is 13.8 Å². The van der Waals surface area contributed by atoms with Crippen molar-refractivity contribution < 1.29 is 13.5 Å². The smallest absolute Gasteiger partial charge is 0.239 e. The Labute approximate surface area is 95.6 Å². The fourth-order valence-electron chi connectivity index (χ4n) is 1.74. The molecule has 0 saturated carbocycles. The molecule has 0 saturated heterocycles. The number of hydrazone groups is 1. The van der Waals surface area contributed by atoms with Crippen molar-refractivity contribution >= 4 is 15.9 Å². The number of hydrogen-bond donors (Lipinski definition) is 2. The molecule has 0 aromatic rings. The van der Waals surface area contributed by atoms with Crippen molar-refractivity contribution in [1.29, 1.82) is 0 Å². The summed E-state index contributed by atoms with van der Waals surface area (Å²) in [5.74, 6) is -0.0665. The summed E-state index contributed by atoms with van der Waals surface area (Å²) in [6.45, 7) is 4.20. The highest BCUT2D eigenvalue weighted by Gasteiger charge is 2.44.